The lowest BCUT2D eigenvalue weighted by Crippen LogP contribution is -2.24. The van der Waals surface area contributed by atoms with E-state index in [4.69, 9.17) is 5.73 Å². The minimum absolute atomic E-state index is 0.142. The van der Waals surface area contributed by atoms with Crippen molar-refractivity contribution < 1.29 is 4.79 Å². The lowest BCUT2D eigenvalue weighted by Gasteiger charge is -2.20. The standard InChI is InChI=1S/C16H20N2O/c17-11-5-7-13-6-4-10-15(12-13)18-16(19)14-8-2-1-3-9-14/h4,6,10,12,14H,1-3,8-9,11,17H2,(H,18,19). The van der Waals surface area contributed by atoms with Gasteiger partial charge in [0.1, 0.15) is 0 Å². The van der Waals surface area contributed by atoms with Crippen LogP contribution in [0, 0.1) is 17.8 Å². The van der Waals surface area contributed by atoms with Gasteiger partial charge in [0.2, 0.25) is 5.91 Å². The molecular weight excluding hydrogens is 236 g/mol. The molecule has 1 fully saturated rings. The Morgan fingerprint density at radius 3 is 2.84 bits per heavy atom. The second-order valence-electron chi connectivity index (χ2n) is 4.91. The number of carbonyl (C=O) groups excluding carboxylic acids is 1. The summed E-state index contributed by atoms with van der Waals surface area (Å²) in [7, 11) is 0. The van der Waals surface area contributed by atoms with Crippen molar-refractivity contribution in [2.45, 2.75) is 32.1 Å². The minimum atomic E-state index is 0.142. The molecule has 0 spiro atoms. The fourth-order valence-corrected chi connectivity index (χ4v) is 2.44. The number of nitrogens with two attached hydrogens (primary N) is 1. The summed E-state index contributed by atoms with van der Waals surface area (Å²) in [4.78, 5) is 12.1. The zero-order valence-electron chi connectivity index (χ0n) is 11.1. The van der Waals surface area contributed by atoms with Crippen molar-refractivity contribution in [3.63, 3.8) is 0 Å². The molecule has 0 bridgehead atoms. The highest BCUT2D eigenvalue weighted by Crippen LogP contribution is 2.25. The highest BCUT2D eigenvalue weighted by molar-refractivity contribution is 5.92. The van der Waals surface area contributed by atoms with Gasteiger partial charge in [-0.05, 0) is 31.0 Å². The Balaban J connectivity index is 1.99. The van der Waals surface area contributed by atoms with E-state index in [0.29, 0.717) is 6.54 Å². The van der Waals surface area contributed by atoms with Gasteiger partial charge in [0.05, 0.1) is 6.54 Å². The molecule has 1 aromatic rings. The van der Waals surface area contributed by atoms with Crippen LogP contribution in [0.3, 0.4) is 0 Å². The van der Waals surface area contributed by atoms with Gasteiger partial charge >= 0.3 is 0 Å². The maximum atomic E-state index is 12.1. The summed E-state index contributed by atoms with van der Waals surface area (Å²) in [6.45, 7) is 0.346. The van der Waals surface area contributed by atoms with Crippen molar-refractivity contribution in [1.29, 1.82) is 0 Å². The van der Waals surface area contributed by atoms with Crippen molar-refractivity contribution >= 4 is 11.6 Å². The van der Waals surface area contributed by atoms with E-state index >= 15 is 0 Å². The lowest BCUT2D eigenvalue weighted by molar-refractivity contribution is -0.120. The lowest BCUT2D eigenvalue weighted by atomic mass is 9.88. The molecule has 0 atom stereocenters. The Hall–Kier alpha value is -1.79. The van der Waals surface area contributed by atoms with Crippen LogP contribution in [0.2, 0.25) is 0 Å². The number of hydrogen-bond acceptors (Lipinski definition) is 2. The number of nitrogens with one attached hydrogen (secondary N) is 1. The van der Waals surface area contributed by atoms with Crippen LogP contribution in [0.25, 0.3) is 0 Å². The molecule has 0 aromatic heterocycles. The van der Waals surface area contributed by atoms with Gasteiger partial charge in [-0.2, -0.15) is 0 Å². The number of hydrogen-bond donors (Lipinski definition) is 2. The van der Waals surface area contributed by atoms with Crippen LogP contribution >= 0.6 is 0 Å². The van der Waals surface area contributed by atoms with Gasteiger partial charge in [0.15, 0.2) is 0 Å². The van der Waals surface area contributed by atoms with Crippen LogP contribution in [0.4, 0.5) is 5.69 Å². The van der Waals surface area contributed by atoms with Crippen LogP contribution in [-0.2, 0) is 4.79 Å². The molecule has 1 aliphatic rings. The first kappa shape index (κ1) is 13.6. The molecular formula is C16H20N2O. The van der Waals surface area contributed by atoms with Gasteiger partial charge in [0, 0.05) is 17.2 Å². The van der Waals surface area contributed by atoms with Crippen LogP contribution in [0.15, 0.2) is 24.3 Å². The van der Waals surface area contributed by atoms with E-state index in [9.17, 15) is 4.79 Å². The summed E-state index contributed by atoms with van der Waals surface area (Å²) >= 11 is 0. The SMILES string of the molecule is NCC#Cc1cccc(NC(=O)C2CCCCC2)c1. The Bertz CT molecular complexity index is 493. The molecule has 0 radical (unpaired) electrons. The van der Waals surface area contributed by atoms with Gasteiger partial charge in [0.25, 0.3) is 0 Å². The number of carbonyl (C=O) groups is 1. The summed E-state index contributed by atoms with van der Waals surface area (Å²) in [6, 6.07) is 7.60. The average molecular weight is 256 g/mol. The zero-order valence-corrected chi connectivity index (χ0v) is 11.1. The molecule has 3 N–H and O–H groups in total. The Labute approximate surface area is 114 Å². The van der Waals surface area contributed by atoms with Crippen molar-refractivity contribution in [2.24, 2.45) is 11.7 Å². The molecule has 1 saturated carbocycles. The van der Waals surface area contributed by atoms with Crippen molar-refractivity contribution in [3.05, 3.63) is 29.8 Å². The maximum Gasteiger partial charge on any atom is 0.227 e. The van der Waals surface area contributed by atoms with Crippen LogP contribution < -0.4 is 11.1 Å². The van der Waals surface area contributed by atoms with E-state index in [1.165, 1.54) is 19.3 Å². The van der Waals surface area contributed by atoms with E-state index < -0.39 is 0 Å². The fourth-order valence-electron chi connectivity index (χ4n) is 2.44. The van der Waals surface area contributed by atoms with Gasteiger partial charge in [-0.15, -0.1) is 0 Å². The minimum Gasteiger partial charge on any atom is -0.326 e. The fraction of sp³-hybridized carbons (Fsp3) is 0.438. The van der Waals surface area contributed by atoms with Crippen molar-refractivity contribution in [1.82, 2.24) is 0 Å². The Morgan fingerprint density at radius 2 is 2.11 bits per heavy atom. The topological polar surface area (TPSA) is 55.1 Å². The summed E-state index contributed by atoms with van der Waals surface area (Å²) < 4.78 is 0. The second kappa shape index (κ2) is 6.96. The summed E-state index contributed by atoms with van der Waals surface area (Å²) in [5.41, 5.74) is 7.05. The van der Waals surface area contributed by atoms with E-state index in [0.717, 1.165) is 24.1 Å². The molecule has 1 aromatic carbocycles. The Kier molecular flexibility index (Phi) is 5.00. The van der Waals surface area contributed by atoms with Gasteiger partial charge in [-0.1, -0.05) is 37.2 Å². The van der Waals surface area contributed by atoms with Crippen LogP contribution in [0.5, 0.6) is 0 Å². The van der Waals surface area contributed by atoms with E-state index in [-0.39, 0.29) is 11.8 Å². The number of amides is 1. The van der Waals surface area contributed by atoms with Crippen molar-refractivity contribution in [3.8, 4) is 11.8 Å². The predicted octanol–water partition coefficient (Wildman–Crippen LogP) is 2.52. The van der Waals surface area contributed by atoms with Crippen LogP contribution in [-0.4, -0.2) is 12.5 Å². The maximum absolute atomic E-state index is 12.1. The normalized spacial score (nSPS) is 15.4. The highest BCUT2D eigenvalue weighted by atomic mass is 16.1. The van der Waals surface area contributed by atoms with Gasteiger partial charge < -0.3 is 11.1 Å². The average Bonchev–Trinajstić information content (AvgIpc) is 2.46. The van der Waals surface area contributed by atoms with E-state index in [2.05, 4.69) is 17.2 Å². The molecule has 1 amide bonds. The summed E-state index contributed by atoms with van der Waals surface area (Å²) in [6.07, 6.45) is 5.62. The highest BCUT2D eigenvalue weighted by Gasteiger charge is 2.20. The third-order valence-electron chi connectivity index (χ3n) is 3.44. The van der Waals surface area contributed by atoms with Crippen molar-refractivity contribution in [2.75, 3.05) is 11.9 Å². The van der Waals surface area contributed by atoms with E-state index in [1.807, 2.05) is 24.3 Å². The van der Waals surface area contributed by atoms with Gasteiger partial charge in [-0.25, -0.2) is 0 Å². The predicted molar refractivity (Wildman–Crippen MR) is 77.6 cm³/mol. The first-order valence-electron chi connectivity index (χ1n) is 6.89. The summed E-state index contributed by atoms with van der Waals surface area (Å²) in [5, 5.41) is 2.99. The number of rotatable bonds is 2. The molecule has 3 nitrogen and oxygen atoms in total. The largest absolute Gasteiger partial charge is 0.326 e. The molecule has 1 aliphatic carbocycles. The molecule has 2 rings (SSSR count). The third-order valence-corrected chi connectivity index (χ3v) is 3.44. The first-order chi connectivity index (χ1) is 9.29. The second-order valence-corrected chi connectivity index (χ2v) is 4.91. The number of anilines is 1. The number of benzene rings is 1. The molecule has 0 unspecified atom stereocenters. The molecule has 0 aliphatic heterocycles. The molecule has 0 heterocycles. The molecule has 0 saturated heterocycles. The first-order valence-corrected chi connectivity index (χ1v) is 6.89. The molecule has 19 heavy (non-hydrogen) atoms. The summed E-state index contributed by atoms with van der Waals surface area (Å²) in [5.74, 6) is 6.10. The quantitative estimate of drug-likeness (QED) is 0.799. The smallest absolute Gasteiger partial charge is 0.227 e. The third kappa shape index (κ3) is 4.11. The van der Waals surface area contributed by atoms with Crippen LogP contribution in [0.1, 0.15) is 37.7 Å². The molecule has 3 heteroatoms. The molecule has 100 valence electrons. The van der Waals surface area contributed by atoms with Gasteiger partial charge in [-0.3, -0.25) is 4.79 Å². The van der Waals surface area contributed by atoms with E-state index in [1.54, 1.807) is 0 Å². The Morgan fingerprint density at radius 1 is 1.32 bits per heavy atom. The zero-order chi connectivity index (χ0) is 13.5. The monoisotopic (exact) mass is 256 g/mol.